The lowest BCUT2D eigenvalue weighted by atomic mass is 9.80. The molecule has 3 nitrogen and oxygen atoms in total. The van der Waals surface area contributed by atoms with Crippen LogP contribution < -0.4 is 0 Å². The second-order valence-corrected chi connectivity index (χ2v) is 5.98. The van der Waals surface area contributed by atoms with E-state index < -0.39 is 0 Å². The fourth-order valence-electron chi connectivity index (χ4n) is 3.30. The molecule has 2 fully saturated rings. The Hall–Kier alpha value is -0.570. The molecular formula is C14H25NO2. The fraction of sp³-hybridized carbons (Fsp3) is 0.929. The van der Waals surface area contributed by atoms with Gasteiger partial charge in [-0.2, -0.15) is 0 Å². The summed E-state index contributed by atoms with van der Waals surface area (Å²) < 4.78 is 0. The molecule has 98 valence electrons. The zero-order chi connectivity index (χ0) is 12.3. The van der Waals surface area contributed by atoms with Gasteiger partial charge in [0.15, 0.2) is 0 Å². The number of carbonyl (C=O) groups is 1. The van der Waals surface area contributed by atoms with Crippen LogP contribution >= 0.6 is 0 Å². The summed E-state index contributed by atoms with van der Waals surface area (Å²) in [6.07, 6.45) is 7.25. The minimum absolute atomic E-state index is 0.267. The molecule has 1 N–H and O–H groups in total. The van der Waals surface area contributed by atoms with Crippen LogP contribution in [0.1, 0.15) is 51.9 Å². The standard InChI is InChI=1S/C14H25NO2/c1-11-4-2-5-12(8-11)9-14(17)15-7-3-6-13(16)10-15/h11-13,16H,2-10H2,1H3. The molecule has 1 saturated heterocycles. The molecular weight excluding hydrogens is 214 g/mol. The molecule has 0 radical (unpaired) electrons. The maximum atomic E-state index is 12.1. The normalized spacial score (nSPS) is 34.7. The van der Waals surface area contributed by atoms with Crippen molar-refractivity contribution in [1.82, 2.24) is 4.90 Å². The monoisotopic (exact) mass is 239 g/mol. The van der Waals surface area contributed by atoms with Gasteiger partial charge in [-0.3, -0.25) is 4.79 Å². The van der Waals surface area contributed by atoms with Crippen LogP contribution in [0.3, 0.4) is 0 Å². The molecule has 0 spiro atoms. The van der Waals surface area contributed by atoms with Gasteiger partial charge in [0.25, 0.3) is 0 Å². The summed E-state index contributed by atoms with van der Waals surface area (Å²) in [6.45, 7) is 3.69. The summed E-state index contributed by atoms with van der Waals surface area (Å²) in [4.78, 5) is 14.0. The number of hydrogen-bond donors (Lipinski definition) is 1. The van der Waals surface area contributed by atoms with Gasteiger partial charge in [0.05, 0.1) is 6.10 Å². The number of likely N-dealkylation sites (tertiary alicyclic amines) is 1. The van der Waals surface area contributed by atoms with E-state index in [2.05, 4.69) is 6.92 Å². The van der Waals surface area contributed by atoms with E-state index in [1.807, 2.05) is 4.90 Å². The van der Waals surface area contributed by atoms with Gasteiger partial charge in [-0.05, 0) is 37.5 Å². The summed E-state index contributed by atoms with van der Waals surface area (Å²) in [7, 11) is 0. The third kappa shape index (κ3) is 3.70. The van der Waals surface area contributed by atoms with E-state index in [4.69, 9.17) is 0 Å². The Bertz CT molecular complexity index is 267. The van der Waals surface area contributed by atoms with Crippen LogP contribution in [0, 0.1) is 11.8 Å². The van der Waals surface area contributed by atoms with Gasteiger partial charge in [0.2, 0.25) is 5.91 Å². The van der Waals surface area contributed by atoms with E-state index in [0.717, 1.165) is 25.3 Å². The molecule has 0 bridgehead atoms. The molecule has 1 amide bonds. The molecule has 0 aromatic carbocycles. The second kappa shape index (κ2) is 5.85. The van der Waals surface area contributed by atoms with Crippen molar-refractivity contribution in [2.45, 2.75) is 58.0 Å². The molecule has 2 rings (SSSR count). The van der Waals surface area contributed by atoms with E-state index in [-0.39, 0.29) is 12.0 Å². The van der Waals surface area contributed by atoms with E-state index in [0.29, 0.717) is 18.9 Å². The van der Waals surface area contributed by atoms with Crippen molar-refractivity contribution in [2.75, 3.05) is 13.1 Å². The predicted octanol–water partition coefficient (Wildman–Crippen LogP) is 2.19. The Morgan fingerprint density at radius 2 is 2.12 bits per heavy atom. The van der Waals surface area contributed by atoms with E-state index in [9.17, 15) is 9.90 Å². The highest BCUT2D eigenvalue weighted by Crippen LogP contribution is 2.31. The smallest absolute Gasteiger partial charge is 0.222 e. The first-order chi connectivity index (χ1) is 8.15. The third-order valence-corrected chi connectivity index (χ3v) is 4.26. The van der Waals surface area contributed by atoms with Crippen molar-refractivity contribution in [3.05, 3.63) is 0 Å². The minimum atomic E-state index is -0.294. The lowest BCUT2D eigenvalue weighted by molar-refractivity contribution is -0.135. The average Bonchev–Trinajstić information content (AvgIpc) is 2.29. The SMILES string of the molecule is CC1CCCC(CC(=O)N2CCCC(O)C2)C1. The van der Waals surface area contributed by atoms with Crippen molar-refractivity contribution < 1.29 is 9.90 Å². The van der Waals surface area contributed by atoms with Gasteiger partial charge in [-0.15, -0.1) is 0 Å². The molecule has 2 aliphatic rings. The van der Waals surface area contributed by atoms with E-state index >= 15 is 0 Å². The Labute approximate surface area is 104 Å². The largest absolute Gasteiger partial charge is 0.391 e. The average molecular weight is 239 g/mol. The van der Waals surface area contributed by atoms with E-state index in [1.165, 1.54) is 25.7 Å². The first-order valence-electron chi connectivity index (χ1n) is 7.11. The molecule has 3 heteroatoms. The fourth-order valence-corrected chi connectivity index (χ4v) is 3.30. The molecule has 0 aromatic rings. The van der Waals surface area contributed by atoms with Crippen molar-refractivity contribution >= 4 is 5.91 Å². The maximum absolute atomic E-state index is 12.1. The Kier molecular flexibility index (Phi) is 4.43. The number of nitrogens with zero attached hydrogens (tertiary/aromatic N) is 1. The second-order valence-electron chi connectivity index (χ2n) is 5.98. The molecule has 1 saturated carbocycles. The summed E-state index contributed by atoms with van der Waals surface area (Å²) in [5, 5.41) is 9.58. The van der Waals surface area contributed by atoms with Gasteiger partial charge in [-0.25, -0.2) is 0 Å². The van der Waals surface area contributed by atoms with Crippen LogP contribution in [-0.2, 0) is 4.79 Å². The van der Waals surface area contributed by atoms with Crippen molar-refractivity contribution in [1.29, 1.82) is 0 Å². The van der Waals surface area contributed by atoms with Gasteiger partial charge in [0.1, 0.15) is 0 Å². The van der Waals surface area contributed by atoms with Crippen molar-refractivity contribution in [3.8, 4) is 0 Å². The highest BCUT2D eigenvalue weighted by atomic mass is 16.3. The first kappa shape index (κ1) is 12.9. The number of carbonyl (C=O) groups excluding carboxylic acids is 1. The van der Waals surface area contributed by atoms with E-state index in [1.54, 1.807) is 0 Å². The summed E-state index contributed by atoms with van der Waals surface area (Å²) in [6, 6.07) is 0. The summed E-state index contributed by atoms with van der Waals surface area (Å²) >= 11 is 0. The molecule has 0 aromatic heterocycles. The molecule has 17 heavy (non-hydrogen) atoms. The lowest BCUT2D eigenvalue weighted by Crippen LogP contribution is -2.42. The number of hydrogen-bond acceptors (Lipinski definition) is 2. The van der Waals surface area contributed by atoms with Crippen molar-refractivity contribution in [2.24, 2.45) is 11.8 Å². The van der Waals surface area contributed by atoms with Crippen LogP contribution in [0.5, 0.6) is 0 Å². The van der Waals surface area contributed by atoms with Gasteiger partial charge >= 0.3 is 0 Å². The molecule has 1 aliphatic heterocycles. The highest BCUT2D eigenvalue weighted by molar-refractivity contribution is 5.76. The predicted molar refractivity (Wildman–Crippen MR) is 67.6 cm³/mol. The third-order valence-electron chi connectivity index (χ3n) is 4.26. The lowest BCUT2D eigenvalue weighted by Gasteiger charge is -2.33. The Morgan fingerprint density at radius 3 is 2.82 bits per heavy atom. The van der Waals surface area contributed by atoms with Crippen LogP contribution in [0.2, 0.25) is 0 Å². The zero-order valence-corrected chi connectivity index (χ0v) is 10.9. The zero-order valence-electron chi connectivity index (χ0n) is 10.9. The van der Waals surface area contributed by atoms with Gasteiger partial charge in [-0.1, -0.05) is 19.8 Å². The first-order valence-corrected chi connectivity index (χ1v) is 7.11. The van der Waals surface area contributed by atoms with Crippen LogP contribution in [0.25, 0.3) is 0 Å². The topological polar surface area (TPSA) is 40.5 Å². The summed E-state index contributed by atoms with van der Waals surface area (Å²) in [5.74, 6) is 1.64. The number of aliphatic hydroxyl groups is 1. The van der Waals surface area contributed by atoms with Gasteiger partial charge in [0, 0.05) is 19.5 Å². The van der Waals surface area contributed by atoms with Crippen LogP contribution in [0.15, 0.2) is 0 Å². The highest BCUT2D eigenvalue weighted by Gasteiger charge is 2.26. The Morgan fingerprint density at radius 1 is 1.29 bits per heavy atom. The molecule has 3 unspecified atom stereocenters. The van der Waals surface area contributed by atoms with Gasteiger partial charge < -0.3 is 10.0 Å². The van der Waals surface area contributed by atoms with Crippen LogP contribution in [-0.4, -0.2) is 35.1 Å². The minimum Gasteiger partial charge on any atom is -0.391 e. The maximum Gasteiger partial charge on any atom is 0.222 e. The Balaban J connectivity index is 1.79. The number of rotatable bonds is 2. The number of piperidine rings is 1. The summed E-state index contributed by atoms with van der Waals surface area (Å²) in [5.41, 5.74) is 0. The number of β-amino-alcohol motifs (C(OH)–C–C–N with tert-alkyl or cyclic N) is 1. The molecule has 3 atom stereocenters. The number of amides is 1. The number of aliphatic hydroxyl groups excluding tert-OH is 1. The molecule has 1 heterocycles. The molecule has 1 aliphatic carbocycles. The quantitative estimate of drug-likeness (QED) is 0.802. The van der Waals surface area contributed by atoms with Crippen LogP contribution in [0.4, 0.5) is 0 Å². The van der Waals surface area contributed by atoms with Crippen molar-refractivity contribution in [3.63, 3.8) is 0 Å².